The maximum atomic E-state index is 13.3. The number of rotatable bonds is 4. The molecule has 0 radical (unpaired) electrons. The Labute approximate surface area is 117 Å². The van der Waals surface area contributed by atoms with E-state index >= 15 is 0 Å². The predicted molar refractivity (Wildman–Crippen MR) is 77.3 cm³/mol. The predicted octanol–water partition coefficient (Wildman–Crippen LogP) is 3.55. The molecule has 5 heteroatoms. The molecular formula is C14H15ClFN3. The Kier molecular flexibility index (Phi) is 4.22. The molecule has 2 aromatic rings. The van der Waals surface area contributed by atoms with E-state index < -0.39 is 5.82 Å². The van der Waals surface area contributed by atoms with Gasteiger partial charge >= 0.3 is 0 Å². The summed E-state index contributed by atoms with van der Waals surface area (Å²) >= 11 is 5.65. The average Bonchev–Trinajstić information content (AvgIpc) is 2.40. The maximum absolute atomic E-state index is 13.3. The first-order valence-corrected chi connectivity index (χ1v) is 6.25. The first-order chi connectivity index (χ1) is 9.08. The molecule has 0 bridgehead atoms. The van der Waals surface area contributed by atoms with Gasteiger partial charge in [-0.15, -0.1) is 0 Å². The van der Waals surface area contributed by atoms with Gasteiger partial charge in [0.05, 0.1) is 22.6 Å². The topological polar surface area (TPSA) is 28.2 Å². The van der Waals surface area contributed by atoms with Crippen molar-refractivity contribution in [3.8, 4) is 0 Å². The lowest BCUT2D eigenvalue weighted by molar-refractivity contribution is 0.626. The number of nitrogens with zero attached hydrogens (tertiary/aromatic N) is 2. The molecule has 19 heavy (non-hydrogen) atoms. The Balaban J connectivity index is 2.12. The molecule has 0 saturated carbocycles. The van der Waals surface area contributed by atoms with E-state index in [0.29, 0.717) is 6.54 Å². The van der Waals surface area contributed by atoms with E-state index in [1.807, 2.05) is 25.1 Å². The molecule has 0 unspecified atom stereocenters. The van der Waals surface area contributed by atoms with E-state index in [9.17, 15) is 4.39 Å². The quantitative estimate of drug-likeness (QED) is 0.928. The summed E-state index contributed by atoms with van der Waals surface area (Å²) < 4.78 is 13.3. The zero-order chi connectivity index (χ0) is 13.8. The van der Waals surface area contributed by atoms with Crippen molar-refractivity contribution >= 4 is 23.0 Å². The molecule has 1 heterocycles. The van der Waals surface area contributed by atoms with E-state index in [4.69, 9.17) is 11.6 Å². The van der Waals surface area contributed by atoms with Crippen molar-refractivity contribution in [1.82, 2.24) is 4.98 Å². The Bertz CT molecular complexity index is 572. The molecule has 1 aromatic heterocycles. The van der Waals surface area contributed by atoms with Crippen LogP contribution in [-0.4, -0.2) is 19.1 Å². The van der Waals surface area contributed by atoms with Gasteiger partial charge in [-0.05, 0) is 23.8 Å². The van der Waals surface area contributed by atoms with Crippen molar-refractivity contribution in [2.75, 3.05) is 24.3 Å². The molecule has 0 fully saturated rings. The van der Waals surface area contributed by atoms with Crippen molar-refractivity contribution < 1.29 is 4.39 Å². The Morgan fingerprint density at radius 2 is 2.11 bits per heavy atom. The second-order valence-corrected chi connectivity index (χ2v) is 4.80. The molecule has 3 nitrogen and oxygen atoms in total. The van der Waals surface area contributed by atoms with E-state index in [-0.39, 0.29) is 5.02 Å². The fourth-order valence-electron chi connectivity index (χ4n) is 1.76. The lowest BCUT2D eigenvalue weighted by atomic mass is 10.2. The number of halogens is 2. The summed E-state index contributed by atoms with van der Waals surface area (Å²) in [7, 11) is 3.92. The maximum Gasteiger partial charge on any atom is 0.142 e. The molecule has 1 aromatic carbocycles. The Hall–Kier alpha value is -1.81. The minimum atomic E-state index is -0.403. The highest BCUT2D eigenvalue weighted by molar-refractivity contribution is 6.30. The van der Waals surface area contributed by atoms with Crippen LogP contribution in [0.1, 0.15) is 5.56 Å². The molecule has 0 aliphatic heterocycles. The molecule has 0 atom stereocenters. The van der Waals surface area contributed by atoms with Crippen LogP contribution in [0.25, 0.3) is 0 Å². The van der Waals surface area contributed by atoms with Crippen LogP contribution in [0, 0.1) is 5.82 Å². The van der Waals surface area contributed by atoms with Crippen LogP contribution in [-0.2, 0) is 6.54 Å². The summed E-state index contributed by atoms with van der Waals surface area (Å²) in [4.78, 5) is 6.08. The number of anilines is 2. The molecule has 0 saturated heterocycles. The summed E-state index contributed by atoms with van der Waals surface area (Å²) in [6, 6.07) is 6.71. The van der Waals surface area contributed by atoms with Gasteiger partial charge in [0, 0.05) is 26.8 Å². The lowest BCUT2D eigenvalue weighted by Gasteiger charge is -2.17. The Morgan fingerprint density at radius 3 is 2.79 bits per heavy atom. The fraction of sp³-hybridized carbons (Fsp3) is 0.214. The standard InChI is InChI=1S/C14H15ClFN3/c1-19(2)14-5-6-17-9-13(14)18-8-10-3-4-11(15)12(16)7-10/h3-7,9,18H,8H2,1-2H3. The third-order valence-corrected chi connectivity index (χ3v) is 3.05. The molecule has 0 aliphatic rings. The van der Waals surface area contributed by atoms with Gasteiger partial charge < -0.3 is 10.2 Å². The van der Waals surface area contributed by atoms with Crippen LogP contribution in [0.2, 0.25) is 5.02 Å². The minimum absolute atomic E-state index is 0.138. The minimum Gasteiger partial charge on any atom is -0.378 e. The number of nitrogens with one attached hydrogen (secondary N) is 1. The van der Waals surface area contributed by atoms with Crippen LogP contribution in [0.5, 0.6) is 0 Å². The van der Waals surface area contributed by atoms with Crippen molar-refractivity contribution in [3.05, 3.63) is 53.1 Å². The van der Waals surface area contributed by atoms with Gasteiger partial charge in [-0.2, -0.15) is 0 Å². The number of aromatic nitrogens is 1. The summed E-state index contributed by atoms with van der Waals surface area (Å²) in [5.41, 5.74) is 2.77. The largest absolute Gasteiger partial charge is 0.378 e. The third-order valence-electron chi connectivity index (χ3n) is 2.75. The van der Waals surface area contributed by atoms with E-state index in [1.54, 1.807) is 24.5 Å². The first kappa shape index (κ1) is 13.6. The number of benzene rings is 1. The van der Waals surface area contributed by atoms with E-state index in [2.05, 4.69) is 10.3 Å². The summed E-state index contributed by atoms with van der Waals surface area (Å²) in [6.45, 7) is 0.515. The van der Waals surface area contributed by atoms with Gasteiger partial charge in [-0.3, -0.25) is 4.98 Å². The molecule has 0 amide bonds. The van der Waals surface area contributed by atoms with Crippen LogP contribution in [0.15, 0.2) is 36.7 Å². The van der Waals surface area contributed by atoms with Crippen molar-refractivity contribution in [2.45, 2.75) is 6.54 Å². The van der Waals surface area contributed by atoms with Crippen LogP contribution in [0.4, 0.5) is 15.8 Å². The number of hydrogen-bond acceptors (Lipinski definition) is 3. The molecule has 2 rings (SSSR count). The van der Waals surface area contributed by atoms with E-state index in [1.165, 1.54) is 6.07 Å². The zero-order valence-corrected chi connectivity index (χ0v) is 11.6. The highest BCUT2D eigenvalue weighted by Gasteiger charge is 2.05. The van der Waals surface area contributed by atoms with Crippen LogP contribution in [0.3, 0.4) is 0 Å². The van der Waals surface area contributed by atoms with Crippen LogP contribution < -0.4 is 10.2 Å². The molecule has 1 N–H and O–H groups in total. The molecule has 0 aliphatic carbocycles. The SMILES string of the molecule is CN(C)c1ccncc1NCc1ccc(Cl)c(F)c1. The second kappa shape index (κ2) is 5.89. The van der Waals surface area contributed by atoms with Gasteiger partial charge in [0.25, 0.3) is 0 Å². The summed E-state index contributed by atoms with van der Waals surface area (Å²) in [6.07, 6.45) is 3.49. The van der Waals surface area contributed by atoms with Gasteiger partial charge in [-0.25, -0.2) is 4.39 Å². The van der Waals surface area contributed by atoms with Gasteiger partial charge in [0.2, 0.25) is 0 Å². The molecular weight excluding hydrogens is 265 g/mol. The van der Waals surface area contributed by atoms with Gasteiger partial charge in [-0.1, -0.05) is 17.7 Å². The second-order valence-electron chi connectivity index (χ2n) is 4.39. The average molecular weight is 280 g/mol. The van der Waals surface area contributed by atoms with Crippen molar-refractivity contribution in [2.24, 2.45) is 0 Å². The van der Waals surface area contributed by atoms with Gasteiger partial charge in [0.15, 0.2) is 0 Å². The summed E-state index contributed by atoms with van der Waals surface area (Å²) in [5.74, 6) is -0.403. The highest BCUT2D eigenvalue weighted by Crippen LogP contribution is 2.23. The normalized spacial score (nSPS) is 10.3. The smallest absolute Gasteiger partial charge is 0.142 e. The molecule has 100 valence electrons. The first-order valence-electron chi connectivity index (χ1n) is 5.87. The van der Waals surface area contributed by atoms with Crippen molar-refractivity contribution in [1.29, 1.82) is 0 Å². The van der Waals surface area contributed by atoms with E-state index in [0.717, 1.165) is 16.9 Å². The molecule has 0 spiro atoms. The Morgan fingerprint density at radius 1 is 1.32 bits per heavy atom. The number of pyridine rings is 1. The summed E-state index contributed by atoms with van der Waals surface area (Å²) in [5, 5.41) is 3.38. The highest BCUT2D eigenvalue weighted by atomic mass is 35.5. The zero-order valence-electron chi connectivity index (χ0n) is 10.8. The van der Waals surface area contributed by atoms with Gasteiger partial charge in [0.1, 0.15) is 5.82 Å². The lowest BCUT2D eigenvalue weighted by Crippen LogP contribution is -2.12. The third kappa shape index (κ3) is 3.35. The fourth-order valence-corrected chi connectivity index (χ4v) is 1.88. The number of hydrogen-bond donors (Lipinski definition) is 1. The van der Waals surface area contributed by atoms with Crippen LogP contribution >= 0.6 is 11.6 Å². The van der Waals surface area contributed by atoms with Crippen molar-refractivity contribution in [3.63, 3.8) is 0 Å². The monoisotopic (exact) mass is 279 g/mol.